The summed E-state index contributed by atoms with van der Waals surface area (Å²) in [4.78, 5) is 12.2. The Morgan fingerprint density at radius 1 is 1.08 bits per heavy atom. The first-order valence-corrected chi connectivity index (χ1v) is 8.06. The van der Waals surface area contributed by atoms with Gasteiger partial charge in [0, 0.05) is 11.3 Å². The van der Waals surface area contributed by atoms with Gasteiger partial charge in [-0.2, -0.15) is 0 Å². The number of carbonyl (C=O) groups excluding carboxylic acids is 1. The van der Waals surface area contributed by atoms with E-state index in [1.165, 1.54) is 0 Å². The van der Waals surface area contributed by atoms with Gasteiger partial charge in [0.25, 0.3) is 5.91 Å². The van der Waals surface area contributed by atoms with Crippen molar-refractivity contribution >= 4 is 17.4 Å². The van der Waals surface area contributed by atoms with Crippen LogP contribution >= 0.6 is 0 Å². The number of aromatic nitrogens is 2. The molecule has 3 aromatic rings. The Hall–Kier alpha value is -3.15. The van der Waals surface area contributed by atoms with Crippen LogP contribution in [-0.4, -0.2) is 16.1 Å². The van der Waals surface area contributed by atoms with Crippen molar-refractivity contribution in [2.45, 2.75) is 26.8 Å². The summed E-state index contributed by atoms with van der Waals surface area (Å²) in [5.41, 5.74) is 2.05. The van der Waals surface area contributed by atoms with E-state index >= 15 is 0 Å². The first-order chi connectivity index (χ1) is 12.0. The minimum atomic E-state index is -0.292. The van der Waals surface area contributed by atoms with Crippen LogP contribution in [0.2, 0.25) is 0 Å². The summed E-state index contributed by atoms with van der Waals surface area (Å²) in [6, 6.07) is 14.7. The number of furan rings is 1. The molecule has 2 N–H and O–H groups in total. The van der Waals surface area contributed by atoms with E-state index in [2.05, 4.69) is 20.8 Å². The van der Waals surface area contributed by atoms with Gasteiger partial charge >= 0.3 is 0 Å². The number of nitrogens with one attached hydrogen (secondary N) is 2. The number of hydrogen-bond donors (Lipinski definition) is 2. The van der Waals surface area contributed by atoms with Gasteiger partial charge < -0.3 is 15.1 Å². The lowest BCUT2D eigenvalue weighted by Gasteiger charge is -2.13. The number of nitrogens with zero attached hydrogens (tertiary/aromatic N) is 2. The summed E-state index contributed by atoms with van der Waals surface area (Å²) in [6.45, 7) is 5.88. The van der Waals surface area contributed by atoms with Crippen LogP contribution in [0.15, 0.2) is 52.9 Å². The standard InChI is InChI=1S/C19H20N4O2/c1-12-11-16(14(3)25-12)13(2)20-18-10-9-17(22-23-18)19(24)21-15-7-5-4-6-8-15/h4-11,13H,1-3H3,(H,20,23)(H,21,24). The first kappa shape index (κ1) is 16.7. The summed E-state index contributed by atoms with van der Waals surface area (Å²) in [7, 11) is 0. The van der Waals surface area contributed by atoms with Gasteiger partial charge in [-0.3, -0.25) is 4.79 Å². The summed E-state index contributed by atoms with van der Waals surface area (Å²) in [6.07, 6.45) is 0. The molecule has 1 unspecified atom stereocenters. The summed E-state index contributed by atoms with van der Waals surface area (Å²) >= 11 is 0. The zero-order chi connectivity index (χ0) is 17.8. The number of rotatable bonds is 5. The second-order valence-electron chi connectivity index (χ2n) is 5.86. The van der Waals surface area contributed by atoms with E-state index in [0.29, 0.717) is 5.82 Å². The highest BCUT2D eigenvalue weighted by atomic mass is 16.3. The van der Waals surface area contributed by atoms with E-state index in [1.54, 1.807) is 12.1 Å². The third kappa shape index (κ3) is 4.03. The van der Waals surface area contributed by atoms with Crippen LogP contribution in [0.25, 0.3) is 0 Å². The normalized spacial score (nSPS) is 11.8. The number of hydrogen-bond acceptors (Lipinski definition) is 5. The minimum Gasteiger partial charge on any atom is -0.466 e. The number of aryl methyl sites for hydroxylation is 2. The Morgan fingerprint density at radius 2 is 1.84 bits per heavy atom. The number of amides is 1. The molecule has 0 bridgehead atoms. The topological polar surface area (TPSA) is 80.0 Å². The van der Waals surface area contributed by atoms with E-state index in [1.807, 2.05) is 57.2 Å². The van der Waals surface area contributed by atoms with E-state index in [0.717, 1.165) is 22.8 Å². The second kappa shape index (κ2) is 7.17. The molecule has 1 aromatic carbocycles. The molecular formula is C19H20N4O2. The van der Waals surface area contributed by atoms with Crippen molar-refractivity contribution in [1.82, 2.24) is 10.2 Å². The molecule has 0 aliphatic heterocycles. The van der Waals surface area contributed by atoms with Gasteiger partial charge in [0.2, 0.25) is 0 Å². The van der Waals surface area contributed by atoms with E-state index in [4.69, 9.17) is 4.42 Å². The van der Waals surface area contributed by atoms with Crippen molar-refractivity contribution in [3.05, 3.63) is 71.3 Å². The van der Waals surface area contributed by atoms with Gasteiger partial charge in [0.1, 0.15) is 17.3 Å². The van der Waals surface area contributed by atoms with Crippen LogP contribution in [0.4, 0.5) is 11.5 Å². The molecule has 6 nitrogen and oxygen atoms in total. The highest BCUT2D eigenvalue weighted by molar-refractivity contribution is 6.02. The van der Waals surface area contributed by atoms with Crippen molar-refractivity contribution in [3.63, 3.8) is 0 Å². The zero-order valence-electron chi connectivity index (χ0n) is 14.4. The molecule has 1 amide bonds. The van der Waals surface area contributed by atoms with Crippen molar-refractivity contribution < 1.29 is 9.21 Å². The highest BCUT2D eigenvalue weighted by Gasteiger charge is 2.14. The SMILES string of the molecule is Cc1cc(C(C)Nc2ccc(C(=O)Nc3ccccc3)nn2)c(C)o1. The monoisotopic (exact) mass is 336 g/mol. The third-order valence-corrected chi connectivity index (χ3v) is 3.84. The highest BCUT2D eigenvalue weighted by Crippen LogP contribution is 2.24. The molecular weight excluding hydrogens is 316 g/mol. The predicted octanol–water partition coefficient (Wildman–Crippen LogP) is 4.11. The third-order valence-electron chi connectivity index (χ3n) is 3.84. The first-order valence-electron chi connectivity index (χ1n) is 8.06. The predicted molar refractivity (Wildman–Crippen MR) is 96.6 cm³/mol. The van der Waals surface area contributed by atoms with Gasteiger partial charge in [-0.15, -0.1) is 10.2 Å². The van der Waals surface area contributed by atoms with Crippen molar-refractivity contribution in [2.75, 3.05) is 10.6 Å². The Kier molecular flexibility index (Phi) is 4.79. The molecule has 0 fully saturated rings. The lowest BCUT2D eigenvalue weighted by molar-refractivity contribution is 0.102. The number of carbonyl (C=O) groups is 1. The molecule has 0 radical (unpaired) electrons. The smallest absolute Gasteiger partial charge is 0.276 e. The van der Waals surface area contributed by atoms with Crippen molar-refractivity contribution in [2.24, 2.45) is 0 Å². The maximum absolute atomic E-state index is 12.2. The van der Waals surface area contributed by atoms with Crippen LogP contribution in [0, 0.1) is 13.8 Å². The second-order valence-corrected chi connectivity index (χ2v) is 5.86. The Morgan fingerprint density at radius 3 is 2.44 bits per heavy atom. The molecule has 0 spiro atoms. The fourth-order valence-electron chi connectivity index (χ4n) is 2.63. The van der Waals surface area contributed by atoms with Crippen molar-refractivity contribution in [3.8, 4) is 0 Å². The van der Waals surface area contributed by atoms with Gasteiger partial charge in [-0.25, -0.2) is 0 Å². The molecule has 0 aliphatic rings. The van der Waals surface area contributed by atoms with Crippen LogP contribution < -0.4 is 10.6 Å². The van der Waals surface area contributed by atoms with Crippen LogP contribution in [0.5, 0.6) is 0 Å². The molecule has 0 saturated heterocycles. The molecule has 0 saturated carbocycles. The molecule has 6 heteroatoms. The van der Waals surface area contributed by atoms with Crippen LogP contribution in [0.1, 0.15) is 40.5 Å². The molecule has 3 rings (SSSR count). The van der Waals surface area contributed by atoms with Gasteiger partial charge in [0.05, 0.1) is 6.04 Å². The average molecular weight is 336 g/mol. The zero-order valence-corrected chi connectivity index (χ0v) is 14.4. The maximum atomic E-state index is 12.2. The Labute approximate surface area is 146 Å². The molecule has 25 heavy (non-hydrogen) atoms. The molecule has 0 aliphatic carbocycles. The van der Waals surface area contributed by atoms with E-state index < -0.39 is 0 Å². The average Bonchev–Trinajstić information content (AvgIpc) is 2.95. The lowest BCUT2D eigenvalue weighted by Crippen LogP contribution is -2.15. The number of benzene rings is 1. The fourth-order valence-corrected chi connectivity index (χ4v) is 2.63. The maximum Gasteiger partial charge on any atom is 0.276 e. The molecule has 2 aromatic heterocycles. The summed E-state index contributed by atoms with van der Waals surface area (Å²) < 4.78 is 5.55. The van der Waals surface area contributed by atoms with Gasteiger partial charge in [-0.05, 0) is 51.1 Å². The quantitative estimate of drug-likeness (QED) is 0.733. The molecule has 128 valence electrons. The minimum absolute atomic E-state index is 0.0238. The van der Waals surface area contributed by atoms with Crippen LogP contribution in [0.3, 0.4) is 0 Å². The summed E-state index contributed by atoms with van der Waals surface area (Å²) in [5, 5.41) is 14.1. The summed E-state index contributed by atoms with van der Waals surface area (Å²) in [5.74, 6) is 2.06. The number of para-hydroxylation sites is 1. The van der Waals surface area contributed by atoms with E-state index in [-0.39, 0.29) is 17.6 Å². The Bertz CT molecular complexity index is 857. The van der Waals surface area contributed by atoms with Gasteiger partial charge in [-0.1, -0.05) is 18.2 Å². The van der Waals surface area contributed by atoms with Crippen molar-refractivity contribution in [1.29, 1.82) is 0 Å². The Balaban J connectivity index is 1.65. The van der Waals surface area contributed by atoms with Crippen LogP contribution in [-0.2, 0) is 0 Å². The lowest BCUT2D eigenvalue weighted by atomic mass is 10.1. The fraction of sp³-hybridized carbons (Fsp3) is 0.211. The van der Waals surface area contributed by atoms with E-state index in [9.17, 15) is 4.79 Å². The van der Waals surface area contributed by atoms with Gasteiger partial charge in [0.15, 0.2) is 5.69 Å². The number of anilines is 2. The largest absolute Gasteiger partial charge is 0.466 e. The molecule has 2 heterocycles. The molecule has 1 atom stereocenters.